The molecule has 1 fully saturated rings. The van der Waals surface area contributed by atoms with Crippen LogP contribution in [-0.4, -0.2) is 68.2 Å². The molecule has 0 aliphatic carbocycles. The van der Waals surface area contributed by atoms with Gasteiger partial charge < -0.3 is 24.8 Å². The highest BCUT2D eigenvalue weighted by Gasteiger charge is 2.38. The van der Waals surface area contributed by atoms with Gasteiger partial charge in [0.1, 0.15) is 18.0 Å². The lowest BCUT2D eigenvalue weighted by molar-refractivity contribution is -0.158. The molecule has 192 valence electrons. The van der Waals surface area contributed by atoms with E-state index in [1.807, 2.05) is 0 Å². The van der Waals surface area contributed by atoms with Crippen LogP contribution in [0.4, 0.5) is 19.3 Å². The number of carbonyl (C=O) groups excluding carboxylic acids is 2. The zero-order chi connectivity index (χ0) is 26.3. The summed E-state index contributed by atoms with van der Waals surface area (Å²) in [4.78, 5) is 30.3. The van der Waals surface area contributed by atoms with E-state index in [4.69, 9.17) is 9.84 Å². The Morgan fingerprint density at radius 3 is 2.39 bits per heavy atom. The molecule has 12 heteroatoms. The molecule has 1 aliphatic heterocycles. The molecule has 0 atom stereocenters. The summed E-state index contributed by atoms with van der Waals surface area (Å²) in [5.74, 6) is -0.789. The number of halogens is 2. The number of aliphatic hydroxyl groups is 1. The Bertz CT molecular complexity index is 1280. The zero-order valence-corrected chi connectivity index (χ0v) is 20.3. The molecule has 1 aromatic carbocycles. The lowest BCUT2D eigenvalue weighted by Gasteiger charge is -2.39. The summed E-state index contributed by atoms with van der Waals surface area (Å²) in [6, 6.07) is 7.50. The number of pyridine rings is 1. The largest absolute Gasteiger partial charge is 0.444 e. The third-order valence-corrected chi connectivity index (χ3v) is 5.31. The van der Waals surface area contributed by atoms with Crippen molar-refractivity contribution in [2.45, 2.75) is 45.3 Å². The third-order valence-electron chi connectivity index (χ3n) is 5.31. The zero-order valence-electron chi connectivity index (χ0n) is 20.3. The molecule has 3 aromatic rings. The fraction of sp³-hybridized carbons (Fsp3) is 0.417. The molecule has 3 heterocycles. The molecule has 0 bridgehead atoms. The quantitative estimate of drug-likeness (QED) is 0.527. The van der Waals surface area contributed by atoms with E-state index < -0.39 is 30.3 Å². The Kier molecular flexibility index (Phi) is 6.56. The van der Waals surface area contributed by atoms with Gasteiger partial charge in [0.15, 0.2) is 5.65 Å². The number of aliphatic hydroxyl groups excluding tert-OH is 1. The van der Waals surface area contributed by atoms with Crippen molar-refractivity contribution in [3.63, 3.8) is 0 Å². The molecule has 0 unspecified atom stereocenters. The van der Waals surface area contributed by atoms with Gasteiger partial charge in [-0.25, -0.2) is 14.5 Å². The van der Waals surface area contributed by atoms with Gasteiger partial charge in [0.25, 0.3) is 0 Å². The molecule has 10 nitrogen and oxygen atoms in total. The first-order valence-electron chi connectivity index (χ1n) is 11.3. The standard InChI is InChI=1S/C24H27F2N5O5/c1-23(2,3)36-22(34)30-11-14(12-30)20-19-17(28-18(33)13-32)9-10-27-21(19)31(29-20)15-5-7-16(8-6-15)35-24(4,25)26/h5-10,14,32H,11-13H2,1-4H3,(H,27,28,33). The predicted molar refractivity (Wildman–Crippen MR) is 126 cm³/mol. The second kappa shape index (κ2) is 9.34. The van der Waals surface area contributed by atoms with Crippen molar-refractivity contribution < 1.29 is 33.0 Å². The highest BCUT2D eigenvalue weighted by atomic mass is 19.3. The minimum Gasteiger partial charge on any atom is -0.444 e. The van der Waals surface area contributed by atoms with Crippen LogP contribution < -0.4 is 10.1 Å². The van der Waals surface area contributed by atoms with Crippen molar-refractivity contribution in [3.05, 3.63) is 42.2 Å². The van der Waals surface area contributed by atoms with Crippen LogP contribution in [0.5, 0.6) is 5.75 Å². The van der Waals surface area contributed by atoms with Crippen LogP contribution >= 0.6 is 0 Å². The maximum atomic E-state index is 13.2. The van der Waals surface area contributed by atoms with Crippen LogP contribution in [0.3, 0.4) is 0 Å². The van der Waals surface area contributed by atoms with Crippen LogP contribution in [0.2, 0.25) is 0 Å². The Balaban J connectivity index is 1.70. The number of hydrogen-bond acceptors (Lipinski definition) is 7. The summed E-state index contributed by atoms with van der Waals surface area (Å²) in [7, 11) is 0. The highest BCUT2D eigenvalue weighted by molar-refractivity contribution is 6.02. The van der Waals surface area contributed by atoms with E-state index in [0.717, 1.165) is 0 Å². The number of nitrogens with zero attached hydrogens (tertiary/aromatic N) is 4. The first-order chi connectivity index (χ1) is 16.8. The SMILES string of the molecule is CC(C)(C)OC(=O)N1CC(c2nn(-c3ccc(OC(C)(F)F)cc3)c3nccc(NC(=O)CO)c23)C1. The van der Waals surface area contributed by atoms with Gasteiger partial charge >= 0.3 is 12.2 Å². The summed E-state index contributed by atoms with van der Waals surface area (Å²) in [6.07, 6.45) is -2.27. The van der Waals surface area contributed by atoms with Gasteiger partial charge in [-0.3, -0.25) is 4.79 Å². The number of likely N-dealkylation sites (tertiary alicyclic amines) is 1. The van der Waals surface area contributed by atoms with Crippen LogP contribution in [-0.2, 0) is 9.53 Å². The Morgan fingerprint density at radius 2 is 1.81 bits per heavy atom. The predicted octanol–water partition coefficient (Wildman–Crippen LogP) is 3.68. The van der Waals surface area contributed by atoms with E-state index in [-0.39, 0.29) is 11.7 Å². The van der Waals surface area contributed by atoms with Crippen LogP contribution in [0.1, 0.15) is 39.3 Å². The van der Waals surface area contributed by atoms with E-state index in [1.54, 1.807) is 43.9 Å². The monoisotopic (exact) mass is 503 g/mol. The lowest BCUT2D eigenvalue weighted by atomic mass is 9.94. The van der Waals surface area contributed by atoms with Gasteiger partial charge in [0, 0.05) is 32.1 Å². The molecule has 1 saturated heterocycles. The van der Waals surface area contributed by atoms with Crippen LogP contribution in [0, 0.1) is 0 Å². The second-order valence-corrected chi connectivity index (χ2v) is 9.55. The van der Waals surface area contributed by atoms with E-state index in [1.165, 1.54) is 23.0 Å². The third kappa shape index (κ3) is 5.54. The number of benzene rings is 1. The average Bonchev–Trinajstić information content (AvgIpc) is 3.11. The summed E-state index contributed by atoms with van der Waals surface area (Å²) >= 11 is 0. The topological polar surface area (TPSA) is 119 Å². The van der Waals surface area contributed by atoms with Gasteiger partial charge in [-0.15, -0.1) is 0 Å². The number of nitrogens with one attached hydrogen (secondary N) is 1. The number of ether oxygens (including phenoxy) is 2. The molecular weight excluding hydrogens is 476 g/mol. The molecule has 1 aliphatic rings. The van der Waals surface area contributed by atoms with Crippen molar-refractivity contribution in [3.8, 4) is 11.4 Å². The number of alkyl halides is 2. The van der Waals surface area contributed by atoms with Gasteiger partial charge in [-0.1, -0.05) is 0 Å². The Morgan fingerprint density at radius 1 is 1.14 bits per heavy atom. The molecule has 2 N–H and O–H groups in total. The number of aromatic nitrogens is 3. The Hall–Kier alpha value is -3.80. The van der Waals surface area contributed by atoms with Crippen molar-refractivity contribution in [2.75, 3.05) is 25.0 Å². The number of anilines is 1. The highest BCUT2D eigenvalue weighted by Crippen LogP contribution is 2.37. The van der Waals surface area contributed by atoms with Crippen molar-refractivity contribution in [1.82, 2.24) is 19.7 Å². The summed E-state index contributed by atoms with van der Waals surface area (Å²) in [5, 5.41) is 17.1. The number of fused-ring (bicyclic) bond motifs is 1. The molecule has 0 saturated carbocycles. The molecule has 2 aromatic heterocycles. The second-order valence-electron chi connectivity index (χ2n) is 9.55. The van der Waals surface area contributed by atoms with Crippen molar-refractivity contribution in [2.24, 2.45) is 0 Å². The van der Waals surface area contributed by atoms with E-state index in [2.05, 4.69) is 15.0 Å². The first-order valence-corrected chi connectivity index (χ1v) is 11.3. The van der Waals surface area contributed by atoms with Gasteiger partial charge in [0.05, 0.1) is 22.5 Å². The molecule has 36 heavy (non-hydrogen) atoms. The number of carbonyl (C=O) groups is 2. The number of amides is 2. The van der Waals surface area contributed by atoms with Crippen LogP contribution in [0.15, 0.2) is 36.5 Å². The smallest absolute Gasteiger partial charge is 0.410 e. The molecule has 4 rings (SSSR count). The minimum absolute atomic E-state index is 0.0150. The molecular formula is C24H27F2N5O5. The normalized spacial score (nSPS) is 14.5. The first kappa shape index (κ1) is 25.3. The minimum atomic E-state index is -3.32. The number of rotatable bonds is 6. The summed E-state index contributed by atoms with van der Waals surface area (Å²) < 4.78 is 37.9. The van der Waals surface area contributed by atoms with E-state index in [9.17, 15) is 23.5 Å². The maximum absolute atomic E-state index is 13.2. The van der Waals surface area contributed by atoms with Gasteiger partial charge in [0.2, 0.25) is 5.91 Å². The maximum Gasteiger partial charge on any atom is 0.410 e. The van der Waals surface area contributed by atoms with E-state index >= 15 is 0 Å². The van der Waals surface area contributed by atoms with Crippen molar-refractivity contribution >= 4 is 28.7 Å². The fourth-order valence-corrected chi connectivity index (χ4v) is 3.82. The molecule has 0 radical (unpaired) electrons. The summed E-state index contributed by atoms with van der Waals surface area (Å²) in [6.45, 7) is 6.01. The fourth-order valence-electron chi connectivity index (χ4n) is 3.82. The Labute approximate surface area is 205 Å². The lowest BCUT2D eigenvalue weighted by Crippen LogP contribution is -2.50. The van der Waals surface area contributed by atoms with Gasteiger partial charge in [-0.05, 0) is 51.1 Å². The van der Waals surface area contributed by atoms with Crippen molar-refractivity contribution in [1.29, 1.82) is 0 Å². The number of hydrogen-bond donors (Lipinski definition) is 2. The molecule has 2 amide bonds. The molecule has 0 spiro atoms. The van der Waals surface area contributed by atoms with Gasteiger partial charge in [-0.2, -0.15) is 13.9 Å². The summed E-state index contributed by atoms with van der Waals surface area (Å²) in [5.41, 5.74) is 1.30. The average molecular weight is 504 g/mol. The van der Waals surface area contributed by atoms with Crippen LogP contribution in [0.25, 0.3) is 16.7 Å². The van der Waals surface area contributed by atoms with E-state index in [0.29, 0.717) is 48.1 Å².